The van der Waals surface area contributed by atoms with Crippen LogP contribution in [0.1, 0.15) is 21.0 Å². The van der Waals surface area contributed by atoms with Gasteiger partial charge in [-0.1, -0.05) is 29.8 Å². The summed E-state index contributed by atoms with van der Waals surface area (Å²) in [4.78, 5) is 15.7. The maximum absolute atomic E-state index is 10.4. The van der Waals surface area contributed by atoms with Crippen molar-refractivity contribution in [3.63, 3.8) is 0 Å². The van der Waals surface area contributed by atoms with Gasteiger partial charge in [0.15, 0.2) is 0 Å². The van der Waals surface area contributed by atoms with E-state index in [-0.39, 0.29) is 0 Å². The monoisotopic (exact) mass is 231 g/mol. The Bertz CT molecular complexity index is 473. The Labute approximate surface area is 99.0 Å². The van der Waals surface area contributed by atoms with Crippen LogP contribution in [0.2, 0.25) is 0 Å². The zero-order chi connectivity index (χ0) is 11.4. The molecule has 16 heavy (non-hydrogen) atoms. The Morgan fingerprint density at radius 2 is 2.06 bits per heavy atom. The van der Waals surface area contributed by atoms with Crippen molar-refractivity contribution in [2.45, 2.75) is 19.8 Å². The first-order chi connectivity index (χ1) is 7.78. The van der Waals surface area contributed by atoms with Gasteiger partial charge >= 0.3 is 0 Å². The number of aromatic nitrogens is 1. The van der Waals surface area contributed by atoms with Gasteiger partial charge in [0.2, 0.25) is 0 Å². The highest BCUT2D eigenvalue weighted by molar-refractivity contribution is 7.11. The van der Waals surface area contributed by atoms with Gasteiger partial charge in [-0.15, -0.1) is 11.3 Å². The van der Waals surface area contributed by atoms with Gasteiger partial charge in [-0.25, -0.2) is 4.98 Å². The summed E-state index contributed by atoms with van der Waals surface area (Å²) in [5.74, 6) is 0. The van der Waals surface area contributed by atoms with E-state index in [4.69, 9.17) is 0 Å². The zero-order valence-corrected chi connectivity index (χ0v) is 9.96. The summed E-state index contributed by atoms with van der Waals surface area (Å²) in [6.45, 7) is 2.08. The predicted octanol–water partition coefficient (Wildman–Crippen LogP) is 2.78. The predicted molar refractivity (Wildman–Crippen MR) is 65.9 cm³/mol. The number of nitrogens with zero attached hydrogens (tertiary/aromatic N) is 1. The minimum absolute atomic E-state index is 0.478. The molecule has 0 bridgehead atoms. The van der Waals surface area contributed by atoms with Gasteiger partial charge in [0.1, 0.15) is 6.29 Å². The Morgan fingerprint density at radius 3 is 2.75 bits per heavy atom. The van der Waals surface area contributed by atoms with E-state index >= 15 is 0 Å². The van der Waals surface area contributed by atoms with E-state index in [0.29, 0.717) is 6.42 Å². The number of hydrogen-bond donors (Lipinski definition) is 0. The first-order valence-corrected chi connectivity index (χ1v) is 6.02. The molecule has 82 valence electrons. The number of aldehydes is 1. The zero-order valence-electron chi connectivity index (χ0n) is 9.14. The first kappa shape index (κ1) is 11.0. The van der Waals surface area contributed by atoms with Crippen molar-refractivity contribution in [3.05, 3.63) is 51.5 Å². The standard InChI is InChI=1S/C13H13NOS/c1-10-2-4-11(5-3-10)8-13-14-9-12(16-13)6-7-15/h2-5,7,9H,6,8H2,1H3. The van der Waals surface area contributed by atoms with Crippen LogP contribution >= 0.6 is 11.3 Å². The van der Waals surface area contributed by atoms with Crippen molar-refractivity contribution in [1.29, 1.82) is 0 Å². The van der Waals surface area contributed by atoms with Crippen LogP contribution in [-0.4, -0.2) is 11.3 Å². The molecule has 2 rings (SSSR count). The van der Waals surface area contributed by atoms with Crippen LogP contribution in [-0.2, 0) is 17.6 Å². The van der Waals surface area contributed by atoms with Crippen molar-refractivity contribution >= 4 is 17.6 Å². The molecule has 0 amide bonds. The van der Waals surface area contributed by atoms with Crippen molar-refractivity contribution in [2.75, 3.05) is 0 Å². The number of carbonyl (C=O) groups excluding carboxylic acids is 1. The quantitative estimate of drug-likeness (QED) is 0.757. The van der Waals surface area contributed by atoms with E-state index in [2.05, 4.69) is 36.2 Å². The second-order valence-corrected chi connectivity index (χ2v) is 4.95. The molecule has 1 aromatic carbocycles. The van der Waals surface area contributed by atoms with E-state index in [1.807, 2.05) is 0 Å². The second kappa shape index (κ2) is 5.03. The van der Waals surface area contributed by atoms with Crippen LogP contribution in [0.5, 0.6) is 0 Å². The van der Waals surface area contributed by atoms with Gasteiger partial charge < -0.3 is 4.79 Å². The van der Waals surface area contributed by atoms with Gasteiger partial charge in [-0.2, -0.15) is 0 Å². The molecule has 3 heteroatoms. The molecule has 0 radical (unpaired) electrons. The molecule has 0 N–H and O–H groups in total. The number of rotatable bonds is 4. The maximum Gasteiger partial charge on any atom is 0.125 e. The minimum atomic E-state index is 0.478. The van der Waals surface area contributed by atoms with Gasteiger partial charge in [-0.05, 0) is 12.5 Å². The van der Waals surface area contributed by atoms with Gasteiger partial charge in [0.25, 0.3) is 0 Å². The number of benzene rings is 1. The fourth-order valence-electron chi connectivity index (χ4n) is 1.49. The summed E-state index contributed by atoms with van der Waals surface area (Å²) in [7, 11) is 0. The molecule has 0 aliphatic rings. The van der Waals surface area contributed by atoms with Crippen molar-refractivity contribution in [1.82, 2.24) is 4.98 Å². The van der Waals surface area contributed by atoms with Crippen LogP contribution in [0.4, 0.5) is 0 Å². The van der Waals surface area contributed by atoms with E-state index in [9.17, 15) is 4.79 Å². The molecule has 0 unspecified atom stereocenters. The van der Waals surface area contributed by atoms with Crippen molar-refractivity contribution in [2.24, 2.45) is 0 Å². The topological polar surface area (TPSA) is 30.0 Å². The third-order valence-electron chi connectivity index (χ3n) is 2.36. The molecule has 1 aromatic heterocycles. The lowest BCUT2D eigenvalue weighted by molar-refractivity contribution is -0.107. The molecule has 1 heterocycles. The number of thiazole rings is 1. The summed E-state index contributed by atoms with van der Waals surface area (Å²) >= 11 is 1.61. The normalized spacial score (nSPS) is 10.3. The summed E-state index contributed by atoms with van der Waals surface area (Å²) < 4.78 is 0. The highest BCUT2D eigenvalue weighted by Gasteiger charge is 2.02. The maximum atomic E-state index is 10.4. The van der Waals surface area contributed by atoms with Gasteiger partial charge in [-0.3, -0.25) is 0 Å². The van der Waals surface area contributed by atoms with Crippen LogP contribution in [0.15, 0.2) is 30.5 Å². The minimum Gasteiger partial charge on any atom is -0.303 e. The average molecular weight is 231 g/mol. The lowest BCUT2D eigenvalue weighted by Gasteiger charge is -1.98. The number of hydrogen-bond acceptors (Lipinski definition) is 3. The van der Waals surface area contributed by atoms with Crippen molar-refractivity contribution in [3.8, 4) is 0 Å². The van der Waals surface area contributed by atoms with E-state index < -0.39 is 0 Å². The molecular formula is C13H13NOS. The molecule has 0 aliphatic heterocycles. The van der Waals surface area contributed by atoms with Crippen LogP contribution in [0.25, 0.3) is 0 Å². The lowest BCUT2D eigenvalue weighted by atomic mass is 10.1. The largest absolute Gasteiger partial charge is 0.303 e. The highest BCUT2D eigenvalue weighted by Crippen LogP contribution is 2.17. The summed E-state index contributed by atoms with van der Waals surface area (Å²) in [5, 5.41) is 1.07. The third kappa shape index (κ3) is 2.76. The molecule has 0 saturated carbocycles. The molecule has 0 atom stereocenters. The second-order valence-electron chi connectivity index (χ2n) is 3.75. The van der Waals surface area contributed by atoms with Gasteiger partial charge in [0, 0.05) is 23.9 Å². The average Bonchev–Trinajstić information content (AvgIpc) is 2.70. The van der Waals surface area contributed by atoms with Crippen molar-refractivity contribution < 1.29 is 4.79 Å². The highest BCUT2D eigenvalue weighted by atomic mass is 32.1. The van der Waals surface area contributed by atoms with E-state index in [1.165, 1.54) is 11.1 Å². The Hall–Kier alpha value is -1.48. The summed E-state index contributed by atoms with van der Waals surface area (Å²) in [6.07, 6.45) is 4.04. The fraction of sp³-hybridized carbons (Fsp3) is 0.231. The third-order valence-corrected chi connectivity index (χ3v) is 3.38. The van der Waals surface area contributed by atoms with Crippen LogP contribution < -0.4 is 0 Å². The smallest absolute Gasteiger partial charge is 0.125 e. The lowest BCUT2D eigenvalue weighted by Crippen LogP contribution is -1.86. The molecule has 0 spiro atoms. The van der Waals surface area contributed by atoms with Gasteiger partial charge in [0.05, 0.1) is 5.01 Å². The Morgan fingerprint density at radius 1 is 1.31 bits per heavy atom. The van der Waals surface area contributed by atoms with Crippen LogP contribution in [0.3, 0.4) is 0 Å². The van der Waals surface area contributed by atoms with E-state index in [1.54, 1.807) is 17.5 Å². The molecule has 0 saturated heterocycles. The SMILES string of the molecule is Cc1ccc(Cc2ncc(CC=O)s2)cc1. The summed E-state index contributed by atoms with van der Waals surface area (Å²) in [6, 6.07) is 8.46. The molecular weight excluding hydrogens is 218 g/mol. The van der Waals surface area contributed by atoms with E-state index in [0.717, 1.165) is 22.6 Å². The number of aryl methyl sites for hydroxylation is 1. The molecule has 2 nitrogen and oxygen atoms in total. The Balaban J connectivity index is 2.08. The first-order valence-electron chi connectivity index (χ1n) is 5.20. The molecule has 0 fully saturated rings. The molecule has 0 aliphatic carbocycles. The number of carbonyl (C=O) groups is 1. The molecule has 2 aromatic rings. The summed E-state index contributed by atoms with van der Waals surface area (Å²) in [5.41, 5.74) is 2.53. The Kier molecular flexibility index (Phi) is 3.47. The van der Waals surface area contributed by atoms with Crippen LogP contribution in [0, 0.1) is 6.92 Å². The fourth-order valence-corrected chi connectivity index (χ4v) is 2.39.